The van der Waals surface area contributed by atoms with E-state index in [9.17, 15) is 0 Å². The number of H-pyrrole nitrogens is 1. The molecular weight excluding hydrogens is 475 g/mol. The lowest BCUT2D eigenvalue weighted by Gasteiger charge is -2.12. The highest BCUT2D eigenvalue weighted by molar-refractivity contribution is 14.0. The Balaban J connectivity index is 0.00000280. The van der Waals surface area contributed by atoms with Crippen LogP contribution in [0.25, 0.3) is 11.6 Å². The van der Waals surface area contributed by atoms with Gasteiger partial charge in [-0.3, -0.25) is 10.1 Å². The zero-order valence-electron chi connectivity index (χ0n) is 16.1. The minimum atomic E-state index is 0. The molecule has 0 spiro atoms. The van der Waals surface area contributed by atoms with Crippen molar-refractivity contribution in [2.75, 3.05) is 46.6 Å². The van der Waals surface area contributed by atoms with Crippen molar-refractivity contribution in [1.82, 2.24) is 25.8 Å². The summed E-state index contributed by atoms with van der Waals surface area (Å²) >= 11 is 0. The van der Waals surface area contributed by atoms with Crippen LogP contribution in [0.5, 0.6) is 0 Å². The topological polar surface area (TPSA) is 110 Å². The molecule has 2 aromatic rings. The van der Waals surface area contributed by atoms with Crippen molar-refractivity contribution in [2.24, 2.45) is 10.9 Å². The summed E-state index contributed by atoms with van der Waals surface area (Å²) in [7, 11) is 1.76. The van der Waals surface area contributed by atoms with Gasteiger partial charge in [0, 0.05) is 45.7 Å². The number of ether oxygens (including phenoxy) is 2. The summed E-state index contributed by atoms with van der Waals surface area (Å²) in [4.78, 5) is 8.64. The first-order valence-corrected chi connectivity index (χ1v) is 9.40. The third-order valence-electron chi connectivity index (χ3n) is 4.29. The van der Waals surface area contributed by atoms with Crippen LogP contribution in [0.1, 0.15) is 18.7 Å². The van der Waals surface area contributed by atoms with Crippen molar-refractivity contribution in [1.29, 1.82) is 0 Å². The fourth-order valence-electron chi connectivity index (χ4n) is 2.79. The fraction of sp³-hybridized carbons (Fsp3) is 0.611. The first-order valence-electron chi connectivity index (χ1n) is 9.40. The molecule has 1 aliphatic heterocycles. The van der Waals surface area contributed by atoms with Gasteiger partial charge in [-0.25, -0.2) is 4.98 Å². The predicted molar refractivity (Wildman–Crippen MR) is 117 cm³/mol. The number of guanidine groups is 1. The van der Waals surface area contributed by atoms with E-state index >= 15 is 0 Å². The Morgan fingerprint density at radius 3 is 3.04 bits per heavy atom. The molecule has 1 fully saturated rings. The van der Waals surface area contributed by atoms with Crippen molar-refractivity contribution in [2.45, 2.75) is 19.3 Å². The van der Waals surface area contributed by atoms with Crippen LogP contribution in [-0.2, 0) is 15.9 Å². The highest BCUT2D eigenvalue weighted by Crippen LogP contribution is 2.14. The molecule has 28 heavy (non-hydrogen) atoms. The van der Waals surface area contributed by atoms with Crippen LogP contribution < -0.4 is 10.6 Å². The zero-order chi connectivity index (χ0) is 18.7. The Kier molecular flexibility index (Phi) is 10.3. The molecule has 1 aliphatic rings. The average molecular weight is 504 g/mol. The normalized spacial score (nSPS) is 16.8. The number of aromatic amines is 1. The number of aliphatic imine (C=N–C) groups is 1. The molecule has 0 bridgehead atoms. The van der Waals surface area contributed by atoms with E-state index < -0.39 is 0 Å². The minimum absolute atomic E-state index is 0. The van der Waals surface area contributed by atoms with E-state index in [1.54, 1.807) is 13.3 Å². The van der Waals surface area contributed by atoms with E-state index in [4.69, 9.17) is 13.9 Å². The Hall–Kier alpha value is -1.66. The van der Waals surface area contributed by atoms with E-state index in [-0.39, 0.29) is 24.0 Å². The fourth-order valence-corrected chi connectivity index (χ4v) is 2.79. The number of nitrogens with zero attached hydrogens (tertiary/aromatic N) is 3. The van der Waals surface area contributed by atoms with Crippen LogP contribution in [-0.4, -0.2) is 67.7 Å². The molecule has 3 heterocycles. The van der Waals surface area contributed by atoms with E-state index in [0.717, 1.165) is 57.6 Å². The van der Waals surface area contributed by atoms with Crippen molar-refractivity contribution in [3.8, 4) is 11.6 Å². The smallest absolute Gasteiger partial charge is 0.216 e. The van der Waals surface area contributed by atoms with Gasteiger partial charge < -0.3 is 24.5 Å². The summed E-state index contributed by atoms with van der Waals surface area (Å²) in [6.07, 6.45) is 4.36. The van der Waals surface area contributed by atoms with Gasteiger partial charge in [0.05, 0.1) is 19.5 Å². The molecule has 0 saturated carbocycles. The Morgan fingerprint density at radius 1 is 1.39 bits per heavy atom. The van der Waals surface area contributed by atoms with Crippen LogP contribution in [0.15, 0.2) is 27.8 Å². The Morgan fingerprint density at radius 2 is 2.29 bits per heavy atom. The second-order valence-electron chi connectivity index (χ2n) is 6.42. The molecule has 1 saturated heterocycles. The third kappa shape index (κ3) is 7.40. The number of rotatable bonds is 10. The van der Waals surface area contributed by atoms with Crippen LogP contribution in [0, 0.1) is 5.92 Å². The summed E-state index contributed by atoms with van der Waals surface area (Å²) in [5.41, 5.74) is 0. The Bertz CT molecular complexity index is 685. The van der Waals surface area contributed by atoms with Gasteiger partial charge in [-0.1, -0.05) is 0 Å². The SMILES string of the molecule is CN=C(NCCCOCC1CCOC1)NCCc1nc(-c2ccco2)n[nH]1.I. The second kappa shape index (κ2) is 12.7. The summed E-state index contributed by atoms with van der Waals surface area (Å²) in [5, 5.41) is 13.6. The third-order valence-corrected chi connectivity index (χ3v) is 4.29. The molecule has 156 valence electrons. The molecule has 9 nitrogen and oxygen atoms in total. The van der Waals surface area contributed by atoms with Gasteiger partial charge in [-0.2, -0.15) is 5.10 Å². The van der Waals surface area contributed by atoms with Crippen molar-refractivity contribution < 1.29 is 13.9 Å². The largest absolute Gasteiger partial charge is 0.461 e. The van der Waals surface area contributed by atoms with Gasteiger partial charge in [-0.05, 0) is 25.0 Å². The number of nitrogens with one attached hydrogen (secondary N) is 3. The molecule has 0 aromatic carbocycles. The van der Waals surface area contributed by atoms with Crippen LogP contribution >= 0.6 is 24.0 Å². The molecule has 3 rings (SSSR count). The molecular formula is C18H29IN6O3. The van der Waals surface area contributed by atoms with Crippen molar-refractivity contribution >= 4 is 29.9 Å². The number of furan rings is 1. The highest BCUT2D eigenvalue weighted by atomic mass is 127. The van der Waals surface area contributed by atoms with E-state index in [0.29, 0.717) is 30.5 Å². The highest BCUT2D eigenvalue weighted by Gasteiger charge is 2.15. The monoisotopic (exact) mass is 504 g/mol. The molecule has 0 radical (unpaired) electrons. The molecule has 1 unspecified atom stereocenters. The average Bonchev–Trinajstić information content (AvgIpc) is 3.45. The summed E-state index contributed by atoms with van der Waals surface area (Å²) in [5.74, 6) is 3.36. The number of hydrogen-bond donors (Lipinski definition) is 3. The van der Waals surface area contributed by atoms with Crippen LogP contribution in [0.4, 0.5) is 0 Å². The molecule has 1 atom stereocenters. The molecule has 3 N–H and O–H groups in total. The van der Waals surface area contributed by atoms with Crippen molar-refractivity contribution in [3.63, 3.8) is 0 Å². The lowest BCUT2D eigenvalue weighted by Crippen LogP contribution is -2.39. The molecule has 10 heteroatoms. The first kappa shape index (κ1) is 22.6. The summed E-state index contributed by atoms with van der Waals surface area (Å²) < 4.78 is 16.3. The maximum atomic E-state index is 5.70. The van der Waals surface area contributed by atoms with Gasteiger partial charge in [0.25, 0.3) is 0 Å². The van der Waals surface area contributed by atoms with Crippen LogP contribution in [0.3, 0.4) is 0 Å². The minimum Gasteiger partial charge on any atom is -0.461 e. The molecule has 2 aromatic heterocycles. The first-order chi connectivity index (χ1) is 13.3. The summed E-state index contributed by atoms with van der Waals surface area (Å²) in [6, 6.07) is 3.65. The standard InChI is InChI=1S/C18H28N6O3.HI/c1-19-18(20-7-3-9-25-12-14-6-11-26-13-14)21-8-5-16-22-17(24-23-16)15-4-2-10-27-15;/h2,4,10,14H,3,5-9,11-13H2,1H3,(H2,19,20,21)(H,22,23,24);1H. The van der Waals surface area contributed by atoms with Gasteiger partial charge in [0.15, 0.2) is 11.7 Å². The Labute approximate surface area is 182 Å². The summed E-state index contributed by atoms with van der Waals surface area (Å²) in [6.45, 7) is 4.76. The van der Waals surface area contributed by atoms with Crippen molar-refractivity contribution in [3.05, 3.63) is 24.2 Å². The molecule has 0 amide bonds. The maximum absolute atomic E-state index is 5.70. The quantitative estimate of drug-likeness (QED) is 0.196. The predicted octanol–water partition coefficient (Wildman–Crippen LogP) is 1.83. The lowest BCUT2D eigenvalue weighted by molar-refractivity contribution is 0.0888. The van der Waals surface area contributed by atoms with Crippen LogP contribution in [0.2, 0.25) is 0 Å². The zero-order valence-corrected chi connectivity index (χ0v) is 18.5. The van der Waals surface area contributed by atoms with Gasteiger partial charge >= 0.3 is 0 Å². The number of hydrogen-bond acceptors (Lipinski definition) is 6. The maximum Gasteiger partial charge on any atom is 0.216 e. The number of halogens is 1. The molecule has 0 aliphatic carbocycles. The van der Waals surface area contributed by atoms with E-state index in [1.165, 1.54) is 0 Å². The van der Waals surface area contributed by atoms with Gasteiger partial charge in [-0.15, -0.1) is 24.0 Å². The van der Waals surface area contributed by atoms with E-state index in [1.807, 2.05) is 12.1 Å². The van der Waals surface area contributed by atoms with E-state index in [2.05, 4.69) is 30.8 Å². The van der Waals surface area contributed by atoms with Gasteiger partial charge in [0.2, 0.25) is 5.82 Å². The van der Waals surface area contributed by atoms with Gasteiger partial charge in [0.1, 0.15) is 5.82 Å². The lowest BCUT2D eigenvalue weighted by atomic mass is 10.1. The second-order valence-corrected chi connectivity index (χ2v) is 6.42. The number of aromatic nitrogens is 3.